The Morgan fingerprint density at radius 1 is 1.29 bits per heavy atom. The molecule has 0 aromatic heterocycles. The molecule has 0 aromatic carbocycles. The van der Waals surface area contributed by atoms with E-state index in [1.807, 2.05) is 5.32 Å². The van der Waals surface area contributed by atoms with Crippen molar-refractivity contribution in [2.24, 2.45) is 5.92 Å². The Balaban J connectivity index is 2.52. The Hall–Kier alpha value is -1.47. The van der Waals surface area contributed by atoms with Crippen LogP contribution in [0, 0.1) is 5.92 Å². The Labute approximate surface area is 121 Å². The highest BCUT2D eigenvalue weighted by Gasteiger charge is 2.33. The van der Waals surface area contributed by atoms with Crippen molar-refractivity contribution < 1.29 is 27.5 Å². The predicted molar refractivity (Wildman–Crippen MR) is 69.6 cm³/mol. The number of ether oxygens (including phenoxy) is 1. The van der Waals surface area contributed by atoms with E-state index >= 15 is 0 Å². The summed E-state index contributed by atoms with van der Waals surface area (Å²) in [7, 11) is 0. The van der Waals surface area contributed by atoms with Crippen LogP contribution in [0.3, 0.4) is 0 Å². The van der Waals surface area contributed by atoms with Gasteiger partial charge in [0.25, 0.3) is 0 Å². The summed E-state index contributed by atoms with van der Waals surface area (Å²) in [6, 6.07) is 0. The molecule has 1 heterocycles. The number of piperidine rings is 1. The van der Waals surface area contributed by atoms with Crippen LogP contribution < -0.4 is 5.32 Å². The highest BCUT2D eigenvalue weighted by molar-refractivity contribution is 5.80. The molecule has 122 valence electrons. The molecule has 0 aliphatic carbocycles. The number of halogens is 3. The Bertz CT molecular complexity index is 391. The van der Waals surface area contributed by atoms with Crippen LogP contribution in [0.1, 0.15) is 33.6 Å². The molecular formula is C13H21F3N2O3. The number of nitrogens with one attached hydrogen (secondary N) is 1. The van der Waals surface area contributed by atoms with E-state index in [2.05, 4.69) is 0 Å². The zero-order valence-electron chi connectivity index (χ0n) is 12.4. The van der Waals surface area contributed by atoms with E-state index in [0.717, 1.165) is 0 Å². The van der Waals surface area contributed by atoms with Gasteiger partial charge in [-0.1, -0.05) is 0 Å². The van der Waals surface area contributed by atoms with Gasteiger partial charge >= 0.3 is 12.3 Å². The van der Waals surface area contributed by atoms with Crippen LogP contribution in [0.25, 0.3) is 0 Å². The van der Waals surface area contributed by atoms with Crippen LogP contribution >= 0.6 is 0 Å². The lowest BCUT2D eigenvalue weighted by Gasteiger charge is -2.33. The summed E-state index contributed by atoms with van der Waals surface area (Å²) < 4.78 is 41.4. The molecule has 1 N–H and O–H groups in total. The second kappa shape index (κ2) is 6.53. The van der Waals surface area contributed by atoms with E-state index in [1.54, 1.807) is 20.8 Å². The van der Waals surface area contributed by atoms with Gasteiger partial charge in [-0.3, -0.25) is 4.79 Å². The van der Waals surface area contributed by atoms with Gasteiger partial charge in [0.1, 0.15) is 12.1 Å². The first-order chi connectivity index (χ1) is 9.48. The molecule has 1 unspecified atom stereocenters. The molecule has 2 amide bonds. The molecule has 1 atom stereocenters. The molecular weight excluding hydrogens is 289 g/mol. The molecule has 0 aromatic rings. The molecule has 21 heavy (non-hydrogen) atoms. The number of alkyl halides is 3. The third-order valence-electron chi connectivity index (χ3n) is 2.91. The van der Waals surface area contributed by atoms with Crippen LogP contribution in [0.4, 0.5) is 18.0 Å². The monoisotopic (exact) mass is 310 g/mol. The van der Waals surface area contributed by atoms with Gasteiger partial charge in [0.15, 0.2) is 0 Å². The van der Waals surface area contributed by atoms with Crippen molar-refractivity contribution in [2.45, 2.75) is 45.4 Å². The van der Waals surface area contributed by atoms with Crippen molar-refractivity contribution in [1.82, 2.24) is 10.2 Å². The van der Waals surface area contributed by atoms with Crippen LogP contribution in [-0.4, -0.2) is 48.3 Å². The molecule has 0 radical (unpaired) electrons. The Morgan fingerprint density at radius 2 is 1.90 bits per heavy atom. The van der Waals surface area contributed by atoms with Gasteiger partial charge in [0.05, 0.1) is 5.92 Å². The van der Waals surface area contributed by atoms with Gasteiger partial charge in [0, 0.05) is 13.1 Å². The topological polar surface area (TPSA) is 58.6 Å². The van der Waals surface area contributed by atoms with Gasteiger partial charge in [0.2, 0.25) is 5.91 Å². The normalized spacial score (nSPS) is 20.1. The SMILES string of the molecule is CC(C)(C)OC(=O)N1CCCC(C(=O)NCC(F)(F)F)C1. The number of hydrogen-bond acceptors (Lipinski definition) is 3. The lowest BCUT2D eigenvalue weighted by atomic mass is 9.97. The summed E-state index contributed by atoms with van der Waals surface area (Å²) in [5.74, 6) is -1.31. The van der Waals surface area contributed by atoms with E-state index in [-0.39, 0.29) is 6.54 Å². The van der Waals surface area contributed by atoms with E-state index in [0.29, 0.717) is 19.4 Å². The van der Waals surface area contributed by atoms with E-state index in [1.165, 1.54) is 4.90 Å². The van der Waals surface area contributed by atoms with E-state index in [9.17, 15) is 22.8 Å². The lowest BCUT2D eigenvalue weighted by Crippen LogP contribution is -2.48. The van der Waals surface area contributed by atoms with E-state index < -0.39 is 36.2 Å². The van der Waals surface area contributed by atoms with Crippen molar-refractivity contribution in [3.63, 3.8) is 0 Å². The first kappa shape index (κ1) is 17.6. The summed E-state index contributed by atoms with van der Waals surface area (Å²) in [6.07, 6.45) is -3.96. The number of likely N-dealkylation sites (tertiary alicyclic amines) is 1. The van der Waals surface area contributed by atoms with Gasteiger partial charge in [-0.15, -0.1) is 0 Å². The van der Waals surface area contributed by atoms with E-state index in [4.69, 9.17) is 4.74 Å². The van der Waals surface area contributed by atoms with Crippen LogP contribution in [0.2, 0.25) is 0 Å². The average molecular weight is 310 g/mol. The van der Waals surface area contributed by atoms with Crippen molar-refractivity contribution in [2.75, 3.05) is 19.6 Å². The summed E-state index contributed by atoms with van der Waals surface area (Å²) >= 11 is 0. The highest BCUT2D eigenvalue weighted by Crippen LogP contribution is 2.20. The summed E-state index contributed by atoms with van der Waals surface area (Å²) in [6.45, 7) is 4.35. The highest BCUT2D eigenvalue weighted by atomic mass is 19.4. The minimum absolute atomic E-state index is 0.0819. The second-order valence-electron chi connectivity index (χ2n) is 6.10. The smallest absolute Gasteiger partial charge is 0.410 e. The van der Waals surface area contributed by atoms with Gasteiger partial charge in [-0.2, -0.15) is 13.2 Å². The van der Waals surface area contributed by atoms with Gasteiger partial charge < -0.3 is 15.0 Å². The minimum Gasteiger partial charge on any atom is -0.444 e. The molecule has 1 saturated heterocycles. The fourth-order valence-corrected chi connectivity index (χ4v) is 2.02. The number of amides is 2. The summed E-state index contributed by atoms with van der Waals surface area (Å²) in [5, 5.41) is 1.86. The standard InChI is InChI=1S/C13H21F3N2O3/c1-12(2,3)21-11(20)18-6-4-5-9(7-18)10(19)17-8-13(14,15)16/h9H,4-8H2,1-3H3,(H,17,19). The maximum absolute atomic E-state index is 12.1. The lowest BCUT2D eigenvalue weighted by molar-refractivity contribution is -0.141. The fraction of sp³-hybridized carbons (Fsp3) is 0.846. The molecule has 5 nitrogen and oxygen atoms in total. The Kier molecular flexibility index (Phi) is 5.47. The minimum atomic E-state index is -4.44. The molecule has 1 aliphatic heterocycles. The average Bonchev–Trinajstić information content (AvgIpc) is 2.33. The van der Waals surface area contributed by atoms with Gasteiger partial charge in [-0.25, -0.2) is 4.79 Å². The third kappa shape index (κ3) is 6.68. The molecule has 1 fully saturated rings. The number of rotatable bonds is 2. The number of carbonyl (C=O) groups is 2. The van der Waals surface area contributed by atoms with Crippen LogP contribution in [0.5, 0.6) is 0 Å². The van der Waals surface area contributed by atoms with Crippen molar-refractivity contribution in [1.29, 1.82) is 0 Å². The molecule has 0 bridgehead atoms. The zero-order chi connectivity index (χ0) is 16.3. The first-order valence-electron chi connectivity index (χ1n) is 6.80. The van der Waals surface area contributed by atoms with Crippen molar-refractivity contribution in [3.05, 3.63) is 0 Å². The summed E-state index contributed by atoms with van der Waals surface area (Å²) in [5.41, 5.74) is -0.650. The molecule has 0 spiro atoms. The molecule has 1 aliphatic rings. The number of carbonyl (C=O) groups excluding carboxylic acids is 2. The molecule has 8 heteroatoms. The fourth-order valence-electron chi connectivity index (χ4n) is 2.02. The van der Waals surface area contributed by atoms with Crippen LogP contribution in [-0.2, 0) is 9.53 Å². The van der Waals surface area contributed by atoms with Gasteiger partial charge in [-0.05, 0) is 33.6 Å². The Morgan fingerprint density at radius 3 is 2.43 bits per heavy atom. The maximum Gasteiger partial charge on any atom is 0.410 e. The summed E-state index contributed by atoms with van der Waals surface area (Å²) in [4.78, 5) is 25.0. The zero-order valence-corrected chi connectivity index (χ0v) is 12.4. The number of nitrogens with zero attached hydrogens (tertiary/aromatic N) is 1. The third-order valence-corrected chi connectivity index (χ3v) is 2.91. The largest absolute Gasteiger partial charge is 0.444 e. The molecule has 0 saturated carbocycles. The van der Waals surface area contributed by atoms with Crippen molar-refractivity contribution in [3.8, 4) is 0 Å². The quantitative estimate of drug-likeness (QED) is 0.851. The molecule has 1 rings (SSSR count). The first-order valence-corrected chi connectivity index (χ1v) is 6.80. The second-order valence-corrected chi connectivity index (χ2v) is 6.10. The number of hydrogen-bond donors (Lipinski definition) is 1. The maximum atomic E-state index is 12.1. The predicted octanol–water partition coefficient (Wildman–Crippen LogP) is 2.31. The van der Waals surface area contributed by atoms with Crippen molar-refractivity contribution >= 4 is 12.0 Å². The van der Waals surface area contributed by atoms with Crippen LogP contribution in [0.15, 0.2) is 0 Å².